The molecule has 4 aromatic rings. The van der Waals surface area contributed by atoms with Gasteiger partial charge in [-0.1, -0.05) is 85.3 Å². The van der Waals surface area contributed by atoms with Gasteiger partial charge in [0.25, 0.3) is 10.0 Å². The number of amides is 2. The Labute approximate surface area is 258 Å². The molecule has 0 saturated heterocycles. The van der Waals surface area contributed by atoms with E-state index in [4.69, 9.17) is 11.6 Å². The second-order valence-corrected chi connectivity index (χ2v) is 13.3. The van der Waals surface area contributed by atoms with Crippen molar-refractivity contribution in [1.29, 1.82) is 0 Å². The van der Waals surface area contributed by atoms with E-state index in [-0.39, 0.29) is 37.4 Å². The average Bonchev–Trinajstić information content (AvgIpc) is 3.22. The Morgan fingerprint density at radius 2 is 1.63 bits per heavy atom. The molecule has 224 valence electrons. The van der Waals surface area contributed by atoms with Gasteiger partial charge in [-0.15, -0.1) is 0 Å². The summed E-state index contributed by atoms with van der Waals surface area (Å²) in [5, 5.41) is 5.19. The van der Waals surface area contributed by atoms with Crippen LogP contribution in [0.4, 0.5) is 5.69 Å². The van der Waals surface area contributed by atoms with Crippen molar-refractivity contribution < 1.29 is 18.0 Å². The van der Waals surface area contributed by atoms with Gasteiger partial charge in [-0.2, -0.15) is 0 Å². The van der Waals surface area contributed by atoms with Crippen LogP contribution in [-0.4, -0.2) is 43.8 Å². The van der Waals surface area contributed by atoms with Gasteiger partial charge in [0.05, 0.1) is 10.6 Å². The lowest BCUT2D eigenvalue weighted by Crippen LogP contribution is -2.52. The normalized spacial score (nSPS) is 14.8. The Morgan fingerprint density at radius 1 is 0.930 bits per heavy atom. The van der Waals surface area contributed by atoms with Crippen molar-refractivity contribution in [1.82, 2.24) is 10.2 Å². The number of sulfonamides is 1. The molecule has 2 amide bonds. The van der Waals surface area contributed by atoms with E-state index in [0.29, 0.717) is 33.8 Å². The number of anilines is 1. The first kappa shape index (κ1) is 30.6. The van der Waals surface area contributed by atoms with Gasteiger partial charge in [0.2, 0.25) is 11.8 Å². The van der Waals surface area contributed by atoms with Crippen molar-refractivity contribution >= 4 is 49.9 Å². The summed E-state index contributed by atoms with van der Waals surface area (Å²) < 4.78 is 28.3. The number of nitrogens with zero attached hydrogens (tertiary/aromatic N) is 2. The highest BCUT2D eigenvalue weighted by molar-refractivity contribution is 7.93. The second-order valence-electron chi connectivity index (χ2n) is 11.0. The summed E-state index contributed by atoms with van der Waals surface area (Å²) in [4.78, 5) is 29.6. The fourth-order valence-corrected chi connectivity index (χ4v) is 7.51. The fourth-order valence-electron chi connectivity index (χ4n) is 5.54. The minimum atomic E-state index is -3.73. The van der Waals surface area contributed by atoms with Gasteiger partial charge in [-0.25, -0.2) is 8.42 Å². The Bertz CT molecular complexity index is 1720. The van der Waals surface area contributed by atoms with Crippen LogP contribution in [0, 0.1) is 0 Å². The zero-order valence-corrected chi connectivity index (χ0v) is 25.9. The quantitative estimate of drug-likeness (QED) is 0.201. The number of hydrogen-bond acceptors (Lipinski definition) is 4. The number of rotatable bonds is 12. The number of carbonyl (C=O) groups excluding carboxylic acids is 2. The van der Waals surface area contributed by atoms with Crippen LogP contribution >= 0.6 is 11.6 Å². The maximum Gasteiger partial charge on any atom is 0.265 e. The van der Waals surface area contributed by atoms with Crippen molar-refractivity contribution in [3.8, 4) is 0 Å². The molecular formula is C34H36ClN3O4S. The van der Waals surface area contributed by atoms with Gasteiger partial charge in [0.1, 0.15) is 6.04 Å². The molecule has 0 aliphatic carbocycles. The van der Waals surface area contributed by atoms with Crippen LogP contribution in [0.25, 0.3) is 10.8 Å². The fraction of sp³-hybridized carbons (Fsp3) is 0.294. The van der Waals surface area contributed by atoms with Crippen LogP contribution in [0.2, 0.25) is 5.02 Å². The molecule has 1 N–H and O–H groups in total. The first-order valence-corrected chi connectivity index (χ1v) is 16.4. The zero-order chi connectivity index (χ0) is 30.6. The third-order valence-corrected chi connectivity index (χ3v) is 10.0. The number of carbonyl (C=O) groups is 2. The van der Waals surface area contributed by atoms with E-state index < -0.39 is 16.1 Å². The predicted molar refractivity (Wildman–Crippen MR) is 172 cm³/mol. The molecular weight excluding hydrogens is 582 g/mol. The summed E-state index contributed by atoms with van der Waals surface area (Å²) in [5.41, 5.74) is 2.37. The summed E-state index contributed by atoms with van der Waals surface area (Å²) in [6.45, 7) is 4.28. The highest BCUT2D eigenvalue weighted by Crippen LogP contribution is 2.42. The summed E-state index contributed by atoms with van der Waals surface area (Å²) in [5.74, 6) is -0.453. The lowest BCUT2D eigenvalue weighted by atomic mass is 10.0. The maximum absolute atomic E-state index is 14.0. The molecule has 0 aromatic heterocycles. The Kier molecular flexibility index (Phi) is 9.37. The molecule has 0 unspecified atom stereocenters. The van der Waals surface area contributed by atoms with Crippen molar-refractivity contribution in [2.45, 2.75) is 63.1 Å². The van der Waals surface area contributed by atoms with Crippen molar-refractivity contribution in [3.05, 3.63) is 107 Å². The van der Waals surface area contributed by atoms with E-state index in [2.05, 4.69) is 5.32 Å². The molecule has 4 aromatic carbocycles. The standard InChI is InChI=1S/C34H36ClN3O4S/c1-3-24(2)36-34(40)30(22-25-11-5-4-6-12-25)37(23-26-13-7-16-28(35)21-26)32(39)19-10-20-38-29-17-8-14-27-15-9-18-31(33(27)29)43(38,41)42/h4-9,11-18,21,24,30H,3,10,19-20,22-23H2,1-2H3,(H,36,40)/t24-,30-/m0/s1. The third-order valence-electron chi connectivity index (χ3n) is 7.95. The third kappa shape index (κ3) is 6.71. The van der Waals surface area contributed by atoms with E-state index in [0.717, 1.165) is 22.9 Å². The number of nitrogens with one attached hydrogen (secondary N) is 1. The van der Waals surface area contributed by atoms with Crippen LogP contribution in [0.3, 0.4) is 0 Å². The molecule has 7 nitrogen and oxygen atoms in total. The molecule has 2 atom stereocenters. The largest absolute Gasteiger partial charge is 0.352 e. The summed E-state index contributed by atoms with van der Waals surface area (Å²) in [6.07, 6.45) is 1.46. The van der Waals surface area contributed by atoms with Crippen LogP contribution in [0.15, 0.2) is 95.9 Å². The topological polar surface area (TPSA) is 86.8 Å². The van der Waals surface area contributed by atoms with E-state index in [1.165, 1.54) is 4.31 Å². The molecule has 1 heterocycles. The molecule has 1 aliphatic heterocycles. The van der Waals surface area contributed by atoms with E-state index in [1.807, 2.05) is 74.5 Å². The molecule has 9 heteroatoms. The summed E-state index contributed by atoms with van der Waals surface area (Å²) in [7, 11) is -3.73. The maximum atomic E-state index is 14.0. The predicted octanol–water partition coefficient (Wildman–Crippen LogP) is 6.34. The second kappa shape index (κ2) is 13.2. The van der Waals surface area contributed by atoms with Crippen LogP contribution in [0.5, 0.6) is 0 Å². The lowest BCUT2D eigenvalue weighted by Gasteiger charge is -2.32. The molecule has 5 rings (SSSR count). The average molecular weight is 618 g/mol. The van der Waals surface area contributed by atoms with E-state index >= 15 is 0 Å². The number of halogens is 1. The van der Waals surface area contributed by atoms with Gasteiger partial charge in [-0.3, -0.25) is 13.9 Å². The zero-order valence-electron chi connectivity index (χ0n) is 24.4. The Balaban J connectivity index is 1.40. The van der Waals surface area contributed by atoms with E-state index in [9.17, 15) is 18.0 Å². The molecule has 0 spiro atoms. The van der Waals surface area contributed by atoms with Gasteiger partial charge in [-0.05, 0) is 60.5 Å². The Hall–Kier alpha value is -3.88. The number of hydrogen-bond donors (Lipinski definition) is 1. The van der Waals surface area contributed by atoms with E-state index in [1.54, 1.807) is 35.2 Å². The van der Waals surface area contributed by atoms with Gasteiger partial charge in [0.15, 0.2) is 0 Å². The molecule has 43 heavy (non-hydrogen) atoms. The molecule has 1 aliphatic rings. The SMILES string of the molecule is CC[C@H](C)NC(=O)[C@H](Cc1ccccc1)N(Cc1cccc(Cl)c1)C(=O)CCCN1c2cccc3cccc(c23)S1(=O)=O. The minimum absolute atomic E-state index is 0.0568. The van der Waals surface area contributed by atoms with Crippen molar-refractivity contribution in [2.75, 3.05) is 10.8 Å². The van der Waals surface area contributed by atoms with Crippen LogP contribution < -0.4 is 9.62 Å². The molecule has 0 fully saturated rings. The lowest BCUT2D eigenvalue weighted by molar-refractivity contribution is -0.141. The highest BCUT2D eigenvalue weighted by atomic mass is 35.5. The molecule has 0 saturated carbocycles. The highest BCUT2D eigenvalue weighted by Gasteiger charge is 2.36. The monoisotopic (exact) mass is 617 g/mol. The first-order valence-electron chi connectivity index (χ1n) is 14.6. The smallest absolute Gasteiger partial charge is 0.265 e. The van der Waals surface area contributed by atoms with Gasteiger partial charge in [0, 0.05) is 42.4 Å². The van der Waals surface area contributed by atoms with Gasteiger partial charge < -0.3 is 10.2 Å². The number of benzene rings is 4. The van der Waals surface area contributed by atoms with Gasteiger partial charge >= 0.3 is 0 Å². The molecule has 0 bridgehead atoms. The molecule has 0 radical (unpaired) electrons. The summed E-state index contributed by atoms with van der Waals surface area (Å²) in [6, 6.07) is 26.9. The van der Waals surface area contributed by atoms with Crippen molar-refractivity contribution in [3.63, 3.8) is 0 Å². The summed E-state index contributed by atoms with van der Waals surface area (Å²) >= 11 is 6.28. The van der Waals surface area contributed by atoms with Crippen LogP contribution in [-0.2, 0) is 32.6 Å². The first-order chi connectivity index (χ1) is 20.7. The Morgan fingerprint density at radius 3 is 2.35 bits per heavy atom. The van der Waals surface area contributed by atoms with Crippen LogP contribution in [0.1, 0.15) is 44.2 Å². The minimum Gasteiger partial charge on any atom is -0.352 e. The van der Waals surface area contributed by atoms with Crippen molar-refractivity contribution in [2.24, 2.45) is 0 Å².